The molecule has 1 unspecified atom stereocenters. The molecule has 2 heteroatoms. The lowest BCUT2D eigenvalue weighted by Gasteiger charge is -2.37. The van der Waals surface area contributed by atoms with Gasteiger partial charge in [-0.2, -0.15) is 0 Å². The van der Waals surface area contributed by atoms with Crippen molar-refractivity contribution in [3.63, 3.8) is 0 Å². The van der Waals surface area contributed by atoms with Gasteiger partial charge < -0.3 is 5.11 Å². The van der Waals surface area contributed by atoms with E-state index in [1.807, 2.05) is 0 Å². The van der Waals surface area contributed by atoms with E-state index >= 15 is 0 Å². The summed E-state index contributed by atoms with van der Waals surface area (Å²) in [5.41, 5.74) is 2.73. The summed E-state index contributed by atoms with van der Waals surface area (Å²) >= 11 is 0. The molecule has 1 atom stereocenters. The van der Waals surface area contributed by atoms with Gasteiger partial charge in [-0.3, -0.25) is 0 Å². The van der Waals surface area contributed by atoms with Crippen LogP contribution < -0.4 is 0 Å². The lowest BCUT2D eigenvalue weighted by Crippen LogP contribution is -2.36. The topological polar surface area (TPSA) is 20.2 Å². The summed E-state index contributed by atoms with van der Waals surface area (Å²) in [7, 11) is 0. The predicted molar refractivity (Wildman–Crippen MR) is 87.2 cm³/mol. The Labute approximate surface area is 125 Å². The van der Waals surface area contributed by atoms with E-state index < -0.39 is 0 Å². The molecule has 20 heavy (non-hydrogen) atoms. The molecule has 1 saturated heterocycles. The largest absolute Gasteiger partial charge is 0.392 e. The highest BCUT2D eigenvalue weighted by Crippen LogP contribution is 2.56. The number of rotatable bonds is 1. The fourth-order valence-electron chi connectivity index (χ4n) is 5.08. The minimum atomic E-state index is -0.0730. The smallest absolute Gasteiger partial charge is 0.171 e. The van der Waals surface area contributed by atoms with Gasteiger partial charge in [0, 0.05) is 5.41 Å². The van der Waals surface area contributed by atoms with E-state index in [0.29, 0.717) is 10.8 Å². The zero-order valence-electron chi connectivity index (χ0n) is 13.8. The maximum absolute atomic E-state index is 10.5. The first-order valence-corrected chi connectivity index (χ1v) is 8.66. The SMILES string of the molecule is CC1(C)CB(C2=CC3(CCCC3)C(O)CC2)CC1(C)C. The number of hydrogen-bond donors (Lipinski definition) is 1. The lowest BCUT2D eigenvalue weighted by molar-refractivity contribution is 0.0488. The molecule has 1 spiro atoms. The van der Waals surface area contributed by atoms with Gasteiger partial charge in [0.15, 0.2) is 6.71 Å². The van der Waals surface area contributed by atoms with Crippen LogP contribution in [0.15, 0.2) is 11.5 Å². The first-order chi connectivity index (χ1) is 9.26. The number of allylic oxidation sites excluding steroid dienone is 1. The van der Waals surface area contributed by atoms with E-state index in [0.717, 1.165) is 19.6 Å². The van der Waals surface area contributed by atoms with E-state index in [1.54, 1.807) is 5.47 Å². The van der Waals surface area contributed by atoms with Crippen molar-refractivity contribution in [1.29, 1.82) is 0 Å². The van der Waals surface area contributed by atoms with Crippen LogP contribution in [0.4, 0.5) is 0 Å². The highest BCUT2D eigenvalue weighted by atomic mass is 16.3. The first kappa shape index (κ1) is 14.7. The van der Waals surface area contributed by atoms with Gasteiger partial charge in [0.1, 0.15) is 0 Å². The van der Waals surface area contributed by atoms with Crippen LogP contribution in [0.3, 0.4) is 0 Å². The molecular formula is C18H31BO. The summed E-state index contributed by atoms with van der Waals surface area (Å²) in [6.45, 7) is 10.5. The van der Waals surface area contributed by atoms with Crippen molar-refractivity contribution >= 4 is 6.71 Å². The average Bonchev–Trinajstić information content (AvgIpc) is 2.88. The Bertz CT molecular complexity index is 399. The van der Waals surface area contributed by atoms with Gasteiger partial charge in [-0.1, -0.05) is 59.3 Å². The quantitative estimate of drug-likeness (QED) is 0.685. The van der Waals surface area contributed by atoms with Gasteiger partial charge in [0.05, 0.1) is 6.10 Å². The van der Waals surface area contributed by atoms with Crippen LogP contribution in [0, 0.1) is 16.2 Å². The maximum Gasteiger partial charge on any atom is 0.171 e. The van der Waals surface area contributed by atoms with E-state index in [-0.39, 0.29) is 11.5 Å². The highest BCUT2D eigenvalue weighted by Gasteiger charge is 2.50. The van der Waals surface area contributed by atoms with E-state index in [9.17, 15) is 5.11 Å². The van der Waals surface area contributed by atoms with Gasteiger partial charge in [0.25, 0.3) is 0 Å². The van der Waals surface area contributed by atoms with Crippen LogP contribution in [0.5, 0.6) is 0 Å². The van der Waals surface area contributed by atoms with Gasteiger partial charge in [-0.15, -0.1) is 5.47 Å². The molecule has 2 aliphatic carbocycles. The van der Waals surface area contributed by atoms with Crippen molar-refractivity contribution < 1.29 is 5.11 Å². The molecule has 0 radical (unpaired) electrons. The van der Waals surface area contributed by atoms with E-state index in [1.165, 1.54) is 38.3 Å². The van der Waals surface area contributed by atoms with Crippen LogP contribution in [-0.2, 0) is 0 Å². The molecule has 0 aromatic heterocycles. The summed E-state index contributed by atoms with van der Waals surface area (Å²) in [6, 6.07) is 0. The van der Waals surface area contributed by atoms with Crippen LogP contribution in [0.1, 0.15) is 66.2 Å². The Morgan fingerprint density at radius 1 is 1.05 bits per heavy atom. The van der Waals surface area contributed by atoms with Crippen LogP contribution >= 0.6 is 0 Å². The fraction of sp³-hybridized carbons (Fsp3) is 0.889. The summed E-state index contributed by atoms with van der Waals surface area (Å²) in [4.78, 5) is 0. The summed E-state index contributed by atoms with van der Waals surface area (Å²) in [5, 5.41) is 10.5. The molecule has 0 bridgehead atoms. The Balaban J connectivity index is 1.85. The molecule has 0 amide bonds. The van der Waals surface area contributed by atoms with Crippen molar-refractivity contribution in [3.8, 4) is 0 Å². The molecule has 112 valence electrons. The zero-order chi connectivity index (χ0) is 14.6. The van der Waals surface area contributed by atoms with Crippen LogP contribution in [-0.4, -0.2) is 17.9 Å². The minimum Gasteiger partial charge on any atom is -0.392 e. The predicted octanol–water partition coefficient (Wildman–Crippen LogP) is 4.73. The molecule has 0 aromatic carbocycles. The van der Waals surface area contributed by atoms with Crippen molar-refractivity contribution in [2.75, 3.05) is 0 Å². The second kappa shape index (κ2) is 4.63. The molecule has 1 aliphatic heterocycles. The molecule has 1 nitrogen and oxygen atoms in total. The standard InChI is InChI=1S/C18H31BO/c1-16(2)12-19(13-17(16,3)4)14-7-8-15(20)18(11-14)9-5-6-10-18/h11,15,20H,5-10,12-13H2,1-4H3. The van der Waals surface area contributed by atoms with E-state index in [2.05, 4.69) is 33.8 Å². The monoisotopic (exact) mass is 274 g/mol. The molecule has 3 aliphatic rings. The van der Waals surface area contributed by atoms with Gasteiger partial charge in [-0.25, -0.2) is 0 Å². The second-order valence-electron chi connectivity index (χ2n) is 9.09. The first-order valence-electron chi connectivity index (χ1n) is 8.66. The van der Waals surface area contributed by atoms with Crippen molar-refractivity contribution in [2.45, 2.75) is 85.0 Å². The van der Waals surface area contributed by atoms with Gasteiger partial charge in [-0.05, 0) is 36.5 Å². The Morgan fingerprint density at radius 3 is 2.15 bits per heavy atom. The lowest BCUT2D eigenvalue weighted by atomic mass is 9.39. The summed E-state index contributed by atoms with van der Waals surface area (Å²) < 4.78 is 0. The molecule has 1 saturated carbocycles. The van der Waals surface area contributed by atoms with Crippen molar-refractivity contribution in [2.24, 2.45) is 16.2 Å². The third kappa shape index (κ3) is 2.19. The number of aliphatic hydroxyl groups is 1. The Morgan fingerprint density at radius 2 is 1.60 bits per heavy atom. The number of aliphatic hydroxyl groups excluding tert-OH is 1. The zero-order valence-corrected chi connectivity index (χ0v) is 13.8. The molecule has 1 heterocycles. The van der Waals surface area contributed by atoms with Crippen molar-refractivity contribution in [3.05, 3.63) is 11.5 Å². The Hall–Kier alpha value is -0.235. The minimum absolute atomic E-state index is 0.0730. The van der Waals surface area contributed by atoms with Gasteiger partial charge in [0.2, 0.25) is 0 Å². The van der Waals surface area contributed by atoms with Crippen molar-refractivity contribution in [1.82, 2.24) is 0 Å². The molecular weight excluding hydrogens is 243 g/mol. The number of hydrogen-bond acceptors (Lipinski definition) is 1. The maximum atomic E-state index is 10.5. The van der Waals surface area contributed by atoms with Crippen LogP contribution in [0.2, 0.25) is 12.6 Å². The normalized spacial score (nSPS) is 34.5. The third-order valence-electron chi connectivity index (χ3n) is 7.25. The molecule has 2 fully saturated rings. The third-order valence-corrected chi connectivity index (χ3v) is 7.25. The van der Waals surface area contributed by atoms with Crippen LogP contribution in [0.25, 0.3) is 0 Å². The molecule has 1 N–H and O–H groups in total. The molecule has 3 rings (SSSR count). The summed E-state index contributed by atoms with van der Waals surface area (Å²) in [5.74, 6) is 0. The van der Waals surface area contributed by atoms with Gasteiger partial charge >= 0.3 is 0 Å². The van der Waals surface area contributed by atoms with E-state index in [4.69, 9.17) is 0 Å². The molecule has 0 aromatic rings. The Kier molecular flexibility index (Phi) is 3.40. The highest BCUT2D eigenvalue weighted by molar-refractivity contribution is 6.68. The summed E-state index contributed by atoms with van der Waals surface area (Å²) in [6.07, 6.45) is 12.3. The fourth-order valence-corrected chi connectivity index (χ4v) is 5.08. The average molecular weight is 274 g/mol. The second-order valence-corrected chi connectivity index (χ2v) is 9.09.